The van der Waals surface area contributed by atoms with Crippen LogP contribution in [0.5, 0.6) is 0 Å². The van der Waals surface area contributed by atoms with Gasteiger partial charge in [0.1, 0.15) is 23.2 Å². The Hall–Kier alpha value is -1.82. The molecule has 0 fully saturated rings. The van der Waals surface area contributed by atoms with Gasteiger partial charge in [-0.2, -0.15) is 0 Å². The van der Waals surface area contributed by atoms with E-state index in [4.69, 9.17) is 4.42 Å². The summed E-state index contributed by atoms with van der Waals surface area (Å²) in [7, 11) is 2.47. The minimum Gasteiger partial charge on any atom is -0.469 e. The van der Waals surface area contributed by atoms with Gasteiger partial charge >= 0.3 is 11.9 Å². The van der Waals surface area contributed by atoms with Gasteiger partial charge < -0.3 is 19.0 Å². The predicted molar refractivity (Wildman–Crippen MR) is 56.4 cm³/mol. The minimum atomic E-state index is -1.14. The molecule has 0 aliphatic carbocycles. The molecule has 0 spiro atoms. The Balaban J connectivity index is 2.85. The number of rotatable bonds is 4. The van der Waals surface area contributed by atoms with Crippen molar-refractivity contribution in [2.24, 2.45) is 0 Å². The molecule has 1 heterocycles. The molecule has 0 radical (unpaired) electrons. The van der Waals surface area contributed by atoms with Crippen LogP contribution in [0.4, 0.5) is 0 Å². The standard InChI is InChI=1S/C11H14O6/c1-6-7(11(14)16-3)4-9(17-6)8(12)5-10(13)15-2/h4,8,12H,5H2,1-3H3. The number of hydrogen-bond acceptors (Lipinski definition) is 6. The summed E-state index contributed by atoms with van der Waals surface area (Å²) in [5, 5.41) is 9.67. The van der Waals surface area contributed by atoms with E-state index in [1.54, 1.807) is 6.92 Å². The second kappa shape index (κ2) is 5.49. The minimum absolute atomic E-state index is 0.133. The zero-order chi connectivity index (χ0) is 13.0. The first-order valence-corrected chi connectivity index (χ1v) is 4.93. The highest BCUT2D eigenvalue weighted by Gasteiger charge is 2.21. The largest absolute Gasteiger partial charge is 0.469 e. The third-order valence-corrected chi connectivity index (χ3v) is 2.26. The van der Waals surface area contributed by atoms with E-state index in [1.165, 1.54) is 20.3 Å². The van der Waals surface area contributed by atoms with Crippen LogP contribution in [0.2, 0.25) is 0 Å². The van der Waals surface area contributed by atoms with Gasteiger partial charge in [0.05, 0.1) is 20.6 Å². The number of ether oxygens (including phenoxy) is 2. The number of methoxy groups -OCH3 is 2. The zero-order valence-corrected chi connectivity index (χ0v) is 9.85. The lowest BCUT2D eigenvalue weighted by Crippen LogP contribution is -2.07. The zero-order valence-electron chi connectivity index (χ0n) is 9.85. The molecule has 6 nitrogen and oxygen atoms in total. The summed E-state index contributed by atoms with van der Waals surface area (Å²) in [4.78, 5) is 22.3. The maximum absolute atomic E-state index is 11.3. The van der Waals surface area contributed by atoms with Crippen LogP contribution < -0.4 is 0 Å². The van der Waals surface area contributed by atoms with E-state index in [1.807, 2.05) is 0 Å². The second-order valence-corrected chi connectivity index (χ2v) is 3.41. The maximum Gasteiger partial charge on any atom is 0.341 e. The number of carbonyl (C=O) groups excluding carboxylic acids is 2. The topological polar surface area (TPSA) is 86.0 Å². The highest BCUT2D eigenvalue weighted by molar-refractivity contribution is 5.90. The number of aliphatic hydroxyl groups is 1. The van der Waals surface area contributed by atoms with Crippen molar-refractivity contribution in [3.63, 3.8) is 0 Å². The van der Waals surface area contributed by atoms with Crippen LogP contribution in [0.1, 0.15) is 34.4 Å². The molecule has 1 unspecified atom stereocenters. The van der Waals surface area contributed by atoms with E-state index in [9.17, 15) is 14.7 Å². The van der Waals surface area contributed by atoms with Crippen molar-refractivity contribution in [2.75, 3.05) is 14.2 Å². The molecule has 1 aromatic rings. The molecule has 6 heteroatoms. The molecule has 94 valence electrons. The van der Waals surface area contributed by atoms with E-state index in [2.05, 4.69) is 9.47 Å². The fourth-order valence-corrected chi connectivity index (χ4v) is 1.32. The summed E-state index contributed by atoms with van der Waals surface area (Å²) in [6.45, 7) is 1.57. The molecular formula is C11H14O6. The van der Waals surface area contributed by atoms with Crippen molar-refractivity contribution in [3.05, 3.63) is 23.2 Å². The number of aliphatic hydroxyl groups excluding tert-OH is 1. The van der Waals surface area contributed by atoms with Gasteiger partial charge in [0.15, 0.2) is 0 Å². The Morgan fingerprint density at radius 2 is 2.06 bits per heavy atom. The molecular weight excluding hydrogens is 228 g/mol. The second-order valence-electron chi connectivity index (χ2n) is 3.41. The Morgan fingerprint density at radius 1 is 1.41 bits per heavy atom. The molecule has 0 aliphatic rings. The number of furan rings is 1. The molecule has 1 aromatic heterocycles. The van der Waals surface area contributed by atoms with Crippen molar-refractivity contribution < 1.29 is 28.6 Å². The smallest absolute Gasteiger partial charge is 0.341 e. The van der Waals surface area contributed by atoms with Crippen LogP contribution in [-0.4, -0.2) is 31.3 Å². The SMILES string of the molecule is COC(=O)CC(O)c1cc(C(=O)OC)c(C)o1. The summed E-state index contributed by atoms with van der Waals surface area (Å²) < 4.78 is 14.1. The van der Waals surface area contributed by atoms with Gasteiger partial charge in [-0.15, -0.1) is 0 Å². The van der Waals surface area contributed by atoms with Gasteiger partial charge in [0.2, 0.25) is 0 Å². The average molecular weight is 242 g/mol. The van der Waals surface area contributed by atoms with Crippen LogP contribution in [0, 0.1) is 6.92 Å². The fourth-order valence-electron chi connectivity index (χ4n) is 1.32. The van der Waals surface area contributed by atoms with Crippen molar-refractivity contribution in [3.8, 4) is 0 Å². The maximum atomic E-state index is 11.3. The normalized spacial score (nSPS) is 12.0. The molecule has 0 amide bonds. The summed E-state index contributed by atoms with van der Waals surface area (Å²) in [6.07, 6.45) is -1.37. The molecule has 1 N–H and O–H groups in total. The highest BCUT2D eigenvalue weighted by atomic mass is 16.5. The Bertz CT molecular complexity index is 420. The number of aryl methyl sites for hydroxylation is 1. The first kappa shape index (κ1) is 13.2. The predicted octanol–water partition coefficient (Wildman–Crippen LogP) is 0.971. The number of esters is 2. The quantitative estimate of drug-likeness (QED) is 0.792. The van der Waals surface area contributed by atoms with E-state index in [-0.39, 0.29) is 17.7 Å². The van der Waals surface area contributed by atoms with E-state index < -0.39 is 18.0 Å². The highest BCUT2D eigenvalue weighted by Crippen LogP contribution is 2.23. The van der Waals surface area contributed by atoms with Crippen LogP contribution in [-0.2, 0) is 14.3 Å². The van der Waals surface area contributed by atoms with Crippen molar-refractivity contribution in [1.29, 1.82) is 0 Å². The van der Waals surface area contributed by atoms with Gasteiger partial charge in [-0.05, 0) is 13.0 Å². The molecule has 1 atom stereocenters. The van der Waals surface area contributed by atoms with Crippen LogP contribution in [0.3, 0.4) is 0 Å². The lowest BCUT2D eigenvalue weighted by Gasteiger charge is -2.04. The first-order valence-electron chi connectivity index (χ1n) is 4.93. The molecule has 1 rings (SSSR count). The van der Waals surface area contributed by atoms with Crippen molar-refractivity contribution in [2.45, 2.75) is 19.4 Å². The van der Waals surface area contributed by atoms with Crippen LogP contribution in [0.15, 0.2) is 10.5 Å². The summed E-state index contributed by atoms with van der Waals surface area (Å²) >= 11 is 0. The monoisotopic (exact) mass is 242 g/mol. The Kier molecular flexibility index (Phi) is 4.28. The Morgan fingerprint density at radius 3 is 2.59 bits per heavy atom. The molecule has 17 heavy (non-hydrogen) atoms. The van der Waals surface area contributed by atoms with Gasteiger partial charge in [-0.1, -0.05) is 0 Å². The van der Waals surface area contributed by atoms with Crippen molar-refractivity contribution in [1.82, 2.24) is 0 Å². The molecule has 0 bridgehead atoms. The summed E-state index contributed by atoms with van der Waals surface area (Å²) in [5.74, 6) is -0.655. The van der Waals surface area contributed by atoms with E-state index in [0.29, 0.717) is 5.76 Å². The molecule has 0 aromatic carbocycles. The third kappa shape index (κ3) is 3.07. The lowest BCUT2D eigenvalue weighted by molar-refractivity contribution is -0.143. The Labute approximate surface area is 98.1 Å². The van der Waals surface area contributed by atoms with E-state index in [0.717, 1.165) is 0 Å². The molecule has 0 aliphatic heterocycles. The van der Waals surface area contributed by atoms with Gasteiger partial charge in [0, 0.05) is 0 Å². The van der Waals surface area contributed by atoms with Crippen molar-refractivity contribution >= 4 is 11.9 Å². The van der Waals surface area contributed by atoms with Crippen LogP contribution in [0.25, 0.3) is 0 Å². The van der Waals surface area contributed by atoms with Gasteiger partial charge in [0.25, 0.3) is 0 Å². The van der Waals surface area contributed by atoms with E-state index >= 15 is 0 Å². The number of hydrogen-bond donors (Lipinski definition) is 1. The van der Waals surface area contributed by atoms with Gasteiger partial charge in [-0.3, -0.25) is 4.79 Å². The average Bonchev–Trinajstić information content (AvgIpc) is 2.70. The summed E-state index contributed by atoms with van der Waals surface area (Å²) in [6, 6.07) is 1.36. The molecule has 0 saturated carbocycles. The fraction of sp³-hybridized carbons (Fsp3) is 0.455. The van der Waals surface area contributed by atoms with Crippen LogP contribution >= 0.6 is 0 Å². The van der Waals surface area contributed by atoms with Gasteiger partial charge in [-0.25, -0.2) is 4.79 Å². The third-order valence-electron chi connectivity index (χ3n) is 2.26. The first-order chi connectivity index (χ1) is 7.99. The molecule has 0 saturated heterocycles. The summed E-state index contributed by atoms with van der Waals surface area (Å²) in [5.41, 5.74) is 0.228. The number of carbonyl (C=O) groups is 2. The lowest BCUT2D eigenvalue weighted by atomic mass is 10.1.